The van der Waals surface area contributed by atoms with E-state index >= 15 is 0 Å². The molecule has 1 unspecified atom stereocenters. The Hall–Kier alpha value is -3.18. The molecule has 1 aliphatic rings. The summed E-state index contributed by atoms with van der Waals surface area (Å²) in [4.78, 5) is 56.0. The maximum Gasteiger partial charge on any atom is 0.547 e. The monoisotopic (exact) mass is 504 g/mol. The number of fused-ring (bicyclic) bond motifs is 1. The van der Waals surface area contributed by atoms with E-state index in [1.807, 2.05) is 0 Å². The van der Waals surface area contributed by atoms with Crippen LogP contribution >= 0.6 is 7.60 Å². The van der Waals surface area contributed by atoms with Crippen LogP contribution in [-0.4, -0.2) is 50.8 Å². The minimum absolute atomic E-state index is 0.0172. The Kier molecular flexibility index (Phi) is 7.42. The highest BCUT2D eigenvalue weighted by molar-refractivity contribution is 7.60. The molecular formula is C22H26BN2O9P. The van der Waals surface area contributed by atoms with Crippen molar-refractivity contribution in [2.45, 2.75) is 39.2 Å². The standard InChI is InChI=1S/C22H26BN2O9P/c1-22(2,3)21(29)25-17(12-7-9-14(10-8-12)35(31,32)33)19(26)24-16-11-13-5-4-6-15(20(27)28)18(13)34-23(16)30/h4-10,16-17,30H,11H2,1-3H3,(H,24,26)(H,25,29)(H,27,28)(H2,31,32,33)/t16-,17?/m0/s1. The highest BCUT2D eigenvalue weighted by Gasteiger charge is 2.39. The molecule has 0 saturated carbocycles. The molecule has 0 fully saturated rings. The Labute approximate surface area is 201 Å². The van der Waals surface area contributed by atoms with Gasteiger partial charge in [-0.25, -0.2) is 4.79 Å². The fourth-order valence-corrected chi connectivity index (χ4v) is 4.03. The van der Waals surface area contributed by atoms with Crippen molar-refractivity contribution in [1.29, 1.82) is 0 Å². The lowest BCUT2D eigenvalue weighted by Gasteiger charge is -2.31. The first-order valence-corrected chi connectivity index (χ1v) is 12.3. The summed E-state index contributed by atoms with van der Waals surface area (Å²) in [5.74, 6) is -3.31. The largest absolute Gasteiger partial charge is 0.547 e. The first-order chi connectivity index (χ1) is 16.2. The molecule has 0 radical (unpaired) electrons. The van der Waals surface area contributed by atoms with Crippen LogP contribution in [0.1, 0.15) is 48.3 Å². The van der Waals surface area contributed by atoms with E-state index in [0.29, 0.717) is 5.56 Å². The van der Waals surface area contributed by atoms with E-state index in [-0.39, 0.29) is 28.6 Å². The molecule has 3 rings (SSSR count). The van der Waals surface area contributed by atoms with Crippen LogP contribution in [0.25, 0.3) is 0 Å². The normalized spacial score (nSPS) is 16.5. The van der Waals surface area contributed by atoms with Gasteiger partial charge in [-0.3, -0.25) is 14.2 Å². The molecule has 1 heterocycles. The topological polar surface area (TPSA) is 182 Å². The summed E-state index contributed by atoms with van der Waals surface area (Å²) in [5, 5.41) is 24.8. The van der Waals surface area contributed by atoms with Gasteiger partial charge in [0, 0.05) is 5.41 Å². The van der Waals surface area contributed by atoms with Crippen LogP contribution in [0.3, 0.4) is 0 Å². The zero-order valence-corrected chi connectivity index (χ0v) is 20.2. The predicted molar refractivity (Wildman–Crippen MR) is 126 cm³/mol. The molecule has 6 N–H and O–H groups in total. The molecule has 11 nitrogen and oxygen atoms in total. The number of carboxylic acids is 1. The first kappa shape index (κ1) is 26.4. The van der Waals surface area contributed by atoms with Gasteiger partial charge in [0.15, 0.2) is 0 Å². The van der Waals surface area contributed by atoms with Crippen LogP contribution in [0.5, 0.6) is 5.75 Å². The number of nitrogens with one attached hydrogen (secondary N) is 2. The smallest absolute Gasteiger partial charge is 0.534 e. The van der Waals surface area contributed by atoms with Gasteiger partial charge in [-0.05, 0) is 35.7 Å². The Balaban J connectivity index is 1.87. The summed E-state index contributed by atoms with van der Waals surface area (Å²) in [7, 11) is -6.06. The molecule has 2 atom stereocenters. The molecule has 0 bridgehead atoms. The average molecular weight is 504 g/mol. The molecule has 186 valence electrons. The van der Waals surface area contributed by atoms with Crippen molar-refractivity contribution in [1.82, 2.24) is 10.6 Å². The second-order valence-electron chi connectivity index (χ2n) is 9.22. The number of carbonyl (C=O) groups excluding carboxylic acids is 2. The minimum Gasteiger partial charge on any atom is -0.534 e. The number of hydrogen-bond donors (Lipinski definition) is 6. The van der Waals surface area contributed by atoms with E-state index in [1.54, 1.807) is 26.8 Å². The maximum absolute atomic E-state index is 13.2. The van der Waals surface area contributed by atoms with Crippen LogP contribution < -0.4 is 20.6 Å². The van der Waals surface area contributed by atoms with Crippen molar-refractivity contribution >= 4 is 37.8 Å². The molecule has 13 heteroatoms. The second-order valence-corrected chi connectivity index (χ2v) is 10.8. The maximum atomic E-state index is 13.2. The molecule has 0 spiro atoms. The third-order valence-corrected chi connectivity index (χ3v) is 6.43. The Morgan fingerprint density at radius 2 is 1.74 bits per heavy atom. The number of carbonyl (C=O) groups is 3. The molecule has 2 aromatic carbocycles. The van der Waals surface area contributed by atoms with Crippen molar-refractivity contribution in [2.75, 3.05) is 0 Å². The van der Waals surface area contributed by atoms with Gasteiger partial charge in [0.25, 0.3) is 0 Å². The predicted octanol–water partition coefficient (Wildman–Crippen LogP) is 0.531. The van der Waals surface area contributed by atoms with Crippen molar-refractivity contribution in [2.24, 2.45) is 5.41 Å². The van der Waals surface area contributed by atoms with Crippen molar-refractivity contribution < 1.29 is 43.5 Å². The van der Waals surface area contributed by atoms with Crippen LogP contribution in [0.4, 0.5) is 0 Å². The third kappa shape index (κ3) is 6.09. The third-order valence-electron chi connectivity index (χ3n) is 5.46. The SMILES string of the molecule is CC(C)(C)C(=O)NC(C(=O)N[C@H]1Cc2cccc(C(=O)O)c2OB1O)c1ccc(P(=O)(O)O)cc1. The van der Waals surface area contributed by atoms with Crippen molar-refractivity contribution in [3.8, 4) is 5.75 Å². The number of rotatable bonds is 6. The summed E-state index contributed by atoms with van der Waals surface area (Å²) < 4.78 is 16.9. The quantitative estimate of drug-likeness (QED) is 0.241. The number of para-hydroxylation sites is 1. The van der Waals surface area contributed by atoms with Gasteiger partial charge >= 0.3 is 20.7 Å². The number of amides is 2. The van der Waals surface area contributed by atoms with E-state index in [1.165, 1.54) is 36.4 Å². The zero-order chi connectivity index (χ0) is 26.1. The summed E-state index contributed by atoms with van der Waals surface area (Å²) in [6.45, 7) is 4.97. The van der Waals surface area contributed by atoms with Gasteiger partial charge in [0.1, 0.15) is 11.8 Å². The molecule has 0 aliphatic carbocycles. The summed E-state index contributed by atoms with van der Waals surface area (Å²) in [6.07, 6.45) is 0.0699. The number of aromatic carboxylic acids is 1. The summed E-state index contributed by atoms with van der Waals surface area (Å²) in [5.41, 5.74) is -0.227. The average Bonchev–Trinajstić information content (AvgIpc) is 2.76. The Morgan fingerprint density at radius 3 is 2.29 bits per heavy atom. The fourth-order valence-electron chi connectivity index (χ4n) is 3.49. The van der Waals surface area contributed by atoms with Crippen LogP contribution in [0.15, 0.2) is 42.5 Å². The molecule has 2 amide bonds. The van der Waals surface area contributed by atoms with Crippen molar-refractivity contribution in [3.05, 3.63) is 59.2 Å². The van der Waals surface area contributed by atoms with Gasteiger partial charge in [0.05, 0.1) is 16.8 Å². The van der Waals surface area contributed by atoms with Crippen molar-refractivity contribution in [3.63, 3.8) is 0 Å². The summed E-state index contributed by atoms with van der Waals surface area (Å²) >= 11 is 0. The highest BCUT2D eigenvalue weighted by Crippen LogP contribution is 2.34. The number of carboxylic acid groups (broad SMARTS) is 1. The molecule has 0 aromatic heterocycles. The zero-order valence-electron chi connectivity index (χ0n) is 19.3. The second kappa shape index (κ2) is 9.83. The van der Waals surface area contributed by atoms with Crippen LogP contribution in [0, 0.1) is 5.41 Å². The first-order valence-electron chi connectivity index (χ1n) is 10.7. The van der Waals surface area contributed by atoms with E-state index in [0.717, 1.165) is 0 Å². The number of benzene rings is 2. The van der Waals surface area contributed by atoms with Gasteiger partial charge in [0.2, 0.25) is 11.8 Å². The van der Waals surface area contributed by atoms with Gasteiger partial charge in [-0.1, -0.05) is 45.0 Å². The fraction of sp³-hybridized carbons (Fsp3) is 0.318. The molecule has 35 heavy (non-hydrogen) atoms. The van der Waals surface area contributed by atoms with Gasteiger partial charge in [-0.15, -0.1) is 0 Å². The van der Waals surface area contributed by atoms with E-state index in [2.05, 4.69) is 10.6 Å². The van der Waals surface area contributed by atoms with Crippen LogP contribution in [-0.2, 0) is 20.6 Å². The van der Waals surface area contributed by atoms with Gasteiger partial charge < -0.3 is 35.2 Å². The minimum atomic E-state index is -4.50. The Morgan fingerprint density at radius 1 is 1.11 bits per heavy atom. The lowest BCUT2D eigenvalue weighted by molar-refractivity contribution is -0.133. The van der Waals surface area contributed by atoms with E-state index < -0.39 is 49.9 Å². The molecule has 0 saturated heterocycles. The highest BCUT2D eigenvalue weighted by atomic mass is 31.2. The van der Waals surface area contributed by atoms with Crippen LogP contribution in [0.2, 0.25) is 0 Å². The Bertz CT molecular complexity index is 1190. The lowest BCUT2D eigenvalue weighted by Crippen LogP contribution is -2.56. The molecule has 1 aliphatic heterocycles. The van der Waals surface area contributed by atoms with E-state index in [9.17, 15) is 38.9 Å². The number of hydrogen-bond acceptors (Lipinski definition) is 6. The molecular weight excluding hydrogens is 478 g/mol. The molecule has 2 aromatic rings. The summed E-state index contributed by atoms with van der Waals surface area (Å²) in [6, 6.07) is 8.22. The van der Waals surface area contributed by atoms with E-state index in [4.69, 9.17) is 4.65 Å². The lowest BCUT2D eigenvalue weighted by atomic mass is 9.72. The van der Waals surface area contributed by atoms with Gasteiger partial charge in [-0.2, -0.15) is 0 Å².